The lowest BCUT2D eigenvalue weighted by molar-refractivity contribution is 0.0966. The molecule has 0 aromatic heterocycles. The van der Waals surface area contributed by atoms with Crippen molar-refractivity contribution < 1.29 is 0 Å². The molecule has 3 aliphatic heterocycles. The van der Waals surface area contributed by atoms with E-state index in [2.05, 4.69) is 41.1 Å². The minimum Gasteiger partial charge on any atom is -0.315 e. The molecule has 0 radical (unpaired) electrons. The molecule has 0 saturated carbocycles. The van der Waals surface area contributed by atoms with E-state index in [9.17, 15) is 0 Å². The Morgan fingerprint density at radius 2 is 1.56 bits per heavy atom. The van der Waals surface area contributed by atoms with Crippen LogP contribution in [0.5, 0.6) is 0 Å². The van der Waals surface area contributed by atoms with E-state index in [1.807, 2.05) is 41.4 Å². The SMILES string of the molecule is CN1CCC(N2CCC(c3ccc(N4C=CC(=N)/C4=C\C(=N)c4ccccc4)cc3)CC2)CC1. The van der Waals surface area contributed by atoms with E-state index in [0.717, 1.165) is 23.0 Å². The van der Waals surface area contributed by atoms with Crippen LogP contribution in [0.2, 0.25) is 0 Å². The van der Waals surface area contributed by atoms with Gasteiger partial charge in [0.25, 0.3) is 0 Å². The number of allylic oxidation sites excluding steroid dienone is 2. The van der Waals surface area contributed by atoms with Crippen LogP contribution in [0.15, 0.2) is 78.6 Å². The minimum absolute atomic E-state index is 0.419. The number of anilines is 1. The Balaban J connectivity index is 1.23. The first-order valence-electron chi connectivity index (χ1n) is 12.5. The van der Waals surface area contributed by atoms with Crippen LogP contribution in [0.3, 0.4) is 0 Å². The fourth-order valence-electron chi connectivity index (χ4n) is 5.52. The third-order valence-electron chi connectivity index (χ3n) is 7.67. The lowest BCUT2D eigenvalue weighted by Crippen LogP contribution is -2.46. The Bertz CT molecular complexity index is 1070. The molecule has 0 amide bonds. The molecule has 3 heterocycles. The number of benzene rings is 2. The number of piperidine rings is 2. The smallest absolute Gasteiger partial charge is 0.0795 e. The molecule has 0 bridgehead atoms. The summed E-state index contributed by atoms with van der Waals surface area (Å²) < 4.78 is 0. The summed E-state index contributed by atoms with van der Waals surface area (Å²) in [7, 11) is 2.24. The largest absolute Gasteiger partial charge is 0.315 e. The van der Waals surface area contributed by atoms with Crippen molar-refractivity contribution in [2.45, 2.75) is 37.6 Å². The van der Waals surface area contributed by atoms with Gasteiger partial charge in [-0.1, -0.05) is 42.5 Å². The first-order chi connectivity index (χ1) is 16.6. The van der Waals surface area contributed by atoms with Crippen LogP contribution in [0.25, 0.3) is 0 Å². The number of nitrogens with zero attached hydrogens (tertiary/aromatic N) is 3. The van der Waals surface area contributed by atoms with Gasteiger partial charge in [-0.15, -0.1) is 0 Å². The highest BCUT2D eigenvalue weighted by molar-refractivity contribution is 6.18. The summed E-state index contributed by atoms with van der Waals surface area (Å²) in [5.74, 6) is 0.630. The maximum absolute atomic E-state index is 8.47. The van der Waals surface area contributed by atoms with E-state index in [4.69, 9.17) is 10.8 Å². The molecule has 0 unspecified atom stereocenters. The molecule has 2 fully saturated rings. The molecule has 5 heteroatoms. The highest BCUT2D eigenvalue weighted by Crippen LogP contribution is 2.33. The second kappa shape index (κ2) is 10.1. The van der Waals surface area contributed by atoms with Crippen LogP contribution in [-0.2, 0) is 0 Å². The molecule has 3 aliphatic rings. The monoisotopic (exact) mass is 453 g/mol. The van der Waals surface area contributed by atoms with Crippen LogP contribution in [0.4, 0.5) is 5.69 Å². The number of hydrogen-bond acceptors (Lipinski definition) is 5. The Labute approximate surface area is 203 Å². The summed E-state index contributed by atoms with van der Waals surface area (Å²) in [6.45, 7) is 4.88. The molecular weight excluding hydrogens is 418 g/mol. The van der Waals surface area contributed by atoms with Gasteiger partial charge in [-0.05, 0) is 100 Å². The molecule has 176 valence electrons. The van der Waals surface area contributed by atoms with E-state index < -0.39 is 0 Å². The van der Waals surface area contributed by atoms with E-state index in [-0.39, 0.29) is 0 Å². The fraction of sp³-hybridized carbons (Fsp3) is 0.379. The van der Waals surface area contributed by atoms with E-state index in [1.54, 1.807) is 12.2 Å². The maximum atomic E-state index is 8.47. The molecule has 0 aliphatic carbocycles. The Hall–Kier alpha value is -3.02. The van der Waals surface area contributed by atoms with Crippen LogP contribution in [-0.4, -0.2) is 60.5 Å². The molecule has 34 heavy (non-hydrogen) atoms. The van der Waals surface area contributed by atoms with Crippen LogP contribution in [0.1, 0.15) is 42.7 Å². The number of nitrogens with one attached hydrogen (secondary N) is 2. The zero-order valence-corrected chi connectivity index (χ0v) is 20.1. The van der Waals surface area contributed by atoms with Gasteiger partial charge in [-0.2, -0.15) is 0 Å². The predicted octanol–water partition coefficient (Wildman–Crippen LogP) is 5.27. The zero-order valence-electron chi connectivity index (χ0n) is 20.1. The average Bonchev–Trinajstić information content (AvgIpc) is 3.25. The van der Waals surface area contributed by atoms with Crippen LogP contribution in [0, 0.1) is 10.8 Å². The van der Waals surface area contributed by atoms with Crippen molar-refractivity contribution in [1.29, 1.82) is 10.8 Å². The van der Waals surface area contributed by atoms with Gasteiger partial charge in [-0.25, -0.2) is 0 Å². The summed E-state index contributed by atoms with van der Waals surface area (Å²) in [5.41, 5.74) is 4.92. The lowest BCUT2D eigenvalue weighted by Gasteiger charge is -2.41. The van der Waals surface area contributed by atoms with Crippen molar-refractivity contribution in [2.75, 3.05) is 38.1 Å². The van der Waals surface area contributed by atoms with Crippen molar-refractivity contribution in [3.63, 3.8) is 0 Å². The highest BCUT2D eigenvalue weighted by Gasteiger charge is 2.28. The average molecular weight is 454 g/mol. The van der Waals surface area contributed by atoms with Gasteiger partial charge in [0, 0.05) is 17.9 Å². The molecule has 0 atom stereocenters. The minimum atomic E-state index is 0.419. The van der Waals surface area contributed by atoms with Crippen molar-refractivity contribution in [2.24, 2.45) is 0 Å². The molecule has 2 N–H and O–H groups in total. The van der Waals surface area contributed by atoms with Gasteiger partial charge in [0.05, 0.1) is 17.1 Å². The second-order valence-electron chi connectivity index (χ2n) is 9.84. The number of rotatable bonds is 5. The second-order valence-corrected chi connectivity index (χ2v) is 9.84. The number of hydrogen-bond donors (Lipinski definition) is 2. The standard InChI is InChI=1S/C29H35N5/c1-32-16-13-25(14-17-32)33-18-11-23(12-19-33)22-7-9-26(10-8-22)34-20-15-27(30)29(34)21-28(31)24-5-3-2-4-6-24/h2-10,15,20-21,23,25,30-31H,11-14,16-19H2,1H3/b29-21+,30-27?,31-28?. The molecular formula is C29H35N5. The lowest BCUT2D eigenvalue weighted by atomic mass is 9.88. The number of likely N-dealkylation sites (tertiary alicyclic amines) is 2. The van der Waals surface area contributed by atoms with Crippen LogP contribution >= 0.6 is 0 Å². The summed E-state index contributed by atoms with van der Waals surface area (Å²) in [6, 6.07) is 19.3. The van der Waals surface area contributed by atoms with E-state index in [0.29, 0.717) is 17.3 Å². The molecule has 0 spiro atoms. The topological polar surface area (TPSA) is 57.4 Å². The van der Waals surface area contributed by atoms with Gasteiger partial charge in [-0.3, -0.25) is 5.41 Å². The summed E-state index contributed by atoms with van der Waals surface area (Å²) in [4.78, 5) is 7.20. The van der Waals surface area contributed by atoms with E-state index in [1.165, 1.54) is 57.4 Å². The predicted molar refractivity (Wildman–Crippen MR) is 141 cm³/mol. The summed E-state index contributed by atoms with van der Waals surface area (Å²) in [5, 5.41) is 16.8. The molecule has 5 rings (SSSR count). The van der Waals surface area contributed by atoms with Crippen molar-refractivity contribution in [1.82, 2.24) is 9.80 Å². The van der Waals surface area contributed by atoms with E-state index >= 15 is 0 Å². The van der Waals surface area contributed by atoms with Gasteiger partial charge >= 0.3 is 0 Å². The summed E-state index contributed by atoms with van der Waals surface area (Å²) in [6.07, 6.45) is 10.6. The molecule has 2 aromatic rings. The first kappa shape index (κ1) is 22.8. The van der Waals surface area contributed by atoms with Crippen LogP contribution < -0.4 is 4.90 Å². The third-order valence-corrected chi connectivity index (χ3v) is 7.67. The first-order valence-corrected chi connectivity index (χ1v) is 12.5. The third kappa shape index (κ3) is 4.91. The summed E-state index contributed by atoms with van der Waals surface area (Å²) >= 11 is 0. The van der Waals surface area contributed by atoms with Gasteiger partial charge in [0.15, 0.2) is 0 Å². The van der Waals surface area contributed by atoms with Gasteiger partial charge in [0.1, 0.15) is 0 Å². The molecule has 2 saturated heterocycles. The van der Waals surface area contributed by atoms with Crippen molar-refractivity contribution in [3.8, 4) is 0 Å². The van der Waals surface area contributed by atoms with Gasteiger partial charge in [0.2, 0.25) is 0 Å². The van der Waals surface area contributed by atoms with Crippen molar-refractivity contribution in [3.05, 3.63) is 89.8 Å². The van der Waals surface area contributed by atoms with Gasteiger partial charge < -0.3 is 20.1 Å². The zero-order chi connectivity index (χ0) is 23.5. The fourth-order valence-corrected chi connectivity index (χ4v) is 5.52. The quantitative estimate of drug-likeness (QED) is 0.607. The Kier molecular flexibility index (Phi) is 6.75. The normalized spacial score (nSPS) is 22.1. The highest BCUT2D eigenvalue weighted by atomic mass is 15.2. The molecule has 2 aromatic carbocycles. The maximum Gasteiger partial charge on any atom is 0.0795 e. The Morgan fingerprint density at radius 1 is 0.882 bits per heavy atom. The Morgan fingerprint density at radius 3 is 2.24 bits per heavy atom. The van der Waals surface area contributed by atoms with Crippen molar-refractivity contribution >= 4 is 17.1 Å². The molecule has 5 nitrogen and oxygen atoms in total.